The Balaban J connectivity index is 2.01. The van der Waals surface area contributed by atoms with Gasteiger partial charge >= 0.3 is 0 Å². The fraction of sp³-hybridized carbons (Fsp3) is 0.125. The number of aromatic amines is 1. The topological polar surface area (TPSA) is 97.6 Å². The molecule has 2 N–H and O–H groups in total. The van der Waals surface area contributed by atoms with Crippen molar-refractivity contribution in [1.82, 2.24) is 19.9 Å². The van der Waals surface area contributed by atoms with Crippen molar-refractivity contribution in [3.05, 3.63) is 47.0 Å². The van der Waals surface area contributed by atoms with Crippen molar-refractivity contribution in [2.75, 3.05) is 14.2 Å². The molecule has 0 amide bonds. The normalized spacial score (nSPS) is 11.0. The lowest BCUT2D eigenvalue weighted by atomic mass is 10.2. The van der Waals surface area contributed by atoms with E-state index in [1.54, 1.807) is 30.7 Å². The van der Waals surface area contributed by atoms with E-state index in [0.717, 1.165) is 5.56 Å². The van der Waals surface area contributed by atoms with Crippen LogP contribution in [0.2, 0.25) is 0 Å². The van der Waals surface area contributed by atoms with E-state index in [0.29, 0.717) is 16.2 Å². The predicted molar refractivity (Wildman–Crippen MR) is 94.8 cm³/mol. The van der Waals surface area contributed by atoms with Crippen LogP contribution in [0.1, 0.15) is 5.56 Å². The molecule has 0 aliphatic rings. The summed E-state index contributed by atoms with van der Waals surface area (Å²) in [5, 5.41) is 21.3. The molecule has 3 rings (SSSR count). The molecule has 0 radical (unpaired) electrons. The smallest absolute Gasteiger partial charge is 0.216 e. The summed E-state index contributed by atoms with van der Waals surface area (Å²) in [6.07, 6.45) is 4.90. The average molecular weight is 357 g/mol. The molecule has 8 nitrogen and oxygen atoms in total. The standard InChI is InChI=1S/C16H15N5O3S/c1-23-12-7-10(8-13(24-2)14(12)22)9-18-21-15(19-20-16(21)25)11-3-5-17-6-4-11/h3-9,22H,1-2H3,(H,20,25). The Morgan fingerprint density at radius 2 is 1.84 bits per heavy atom. The first-order valence-electron chi connectivity index (χ1n) is 7.21. The van der Waals surface area contributed by atoms with Crippen LogP contribution in [0.5, 0.6) is 17.2 Å². The minimum absolute atomic E-state index is 0.0699. The van der Waals surface area contributed by atoms with Crippen LogP contribution in [0.3, 0.4) is 0 Å². The number of pyridine rings is 1. The summed E-state index contributed by atoms with van der Waals surface area (Å²) in [7, 11) is 2.92. The van der Waals surface area contributed by atoms with Gasteiger partial charge in [0.15, 0.2) is 17.3 Å². The van der Waals surface area contributed by atoms with Gasteiger partial charge in [-0.15, -0.1) is 0 Å². The van der Waals surface area contributed by atoms with Crippen molar-refractivity contribution in [2.45, 2.75) is 0 Å². The van der Waals surface area contributed by atoms with Crippen molar-refractivity contribution in [1.29, 1.82) is 0 Å². The zero-order valence-corrected chi connectivity index (χ0v) is 14.3. The molecule has 0 unspecified atom stereocenters. The van der Waals surface area contributed by atoms with E-state index in [-0.39, 0.29) is 17.2 Å². The number of ether oxygens (including phenoxy) is 2. The quantitative estimate of drug-likeness (QED) is 0.538. The number of rotatable bonds is 5. The lowest BCUT2D eigenvalue weighted by Crippen LogP contribution is -1.96. The number of aromatic hydroxyl groups is 1. The van der Waals surface area contributed by atoms with Crippen molar-refractivity contribution in [2.24, 2.45) is 5.10 Å². The van der Waals surface area contributed by atoms with Gasteiger partial charge in [-0.2, -0.15) is 14.9 Å². The van der Waals surface area contributed by atoms with Crippen LogP contribution in [0, 0.1) is 4.77 Å². The summed E-state index contributed by atoms with van der Waals surface area (Å²) in [6.45, 7) is 0. The van der Waals surface area contributed by atoms with E-state index in [2.05, 4.69) is 20.3 Å². The Kier molecular flexibility index (Phi) is 4.75. The van der Waals surface area contributed by atoms with Crippen molar-refractivity contribution < 1.29 is 14.6 Å². The third kappa shape index (κ3) is 3.36. The zero-order chi connectivity index (χ0) is 17.8. The van der Waals surface area contributed by atoms with Gasteiger partial charge in [-0.1, -0.05) is 0 Å². The number of H-pyrrole nitrogens is 1. The van der Waals surface area contributed by atoms with E-state index in [9.17, 15) is 5.11 Å². The van der Waals surface area contributed by atoms with E-state index in [1.807, 2.05) is 12.1 Å². The van der Waals surface area contributed by atoms with Crippen LogP contribution < -0.4 is 9.47 Å². The fourth-order valence-corrected chi connectivity index (χ4v) is 2.38. The van der Waals surface area contributed by atoms with E-state index in [1.165, 1.54) is 18.9 Å². The molecule has 0 bridgehead atoms. The summed E-state index contributed by atoms with van der Waals surface area (Å²) < 4.78 is 12.1. The number of benzene rings is 1. The van der Waals surface area contributed by atoms with Gasteiger partial charge in [0, 0.05) is 23.5 Å². The Morgan fingerprint density at radius 1 is 1.20 bits per heavy atom. The third-order valence-electron chi connectivity index (χ3n) is 3.41. The molecule has 0 saturated carbocycles. The summed E-state index contributed by atoms with van der Waals surface area (Å²) >= 11 is 5.23. The molecule has 0 aliphatic heterocycles. The summed E-state index contributed by atoms with van der Waals surface area (Å²) in [5.74, 6) is 1.05. The maximum absolute atomic E-state index is 9.97. The Bertz CT molecular complexity index is 940. The maximum Gasteiger partial charge on any atom is 0.216 e. The molecular weight excluding hydrogens is 342 g/mol. The maximum atomic E-state index is 9.97. The van der Waals surface area contributed by atoms with Gasteiger partial charge in [0.1, 0.15) is 0 Å². The summed E-state index contributed by atoms with van der Waals surface area (Å²) in [4.78, 5) is 3.98. The second-order valence-electron chi connectivity index (χ2n) is 4.92. The highest BCUT2D eigenvalue weighted by Crippen LogP contribution is 2.36. The molecule has 25 heavy (non-hydrogen) atoms. The van der Waals surface area contributed by atoms with E-state index in [4.69, 9.17) is 21.7 Å². The van der Waals surface area contributed by atoms with Gasteiger partial charge in [-0.3, -0.25) is 4.98 Å². The molecule has 9 heteroatoms. The van der Waals surface area contributed by atoms with Crippen LogP contribution in [0.15, 0.2) is 41.8 Å². The Hall–Kier alpha value is -3.20. The first-order valence-corrected chi connectivity index (χ1v) is 7.62. The van der Waals surface area contributed by atoms with Gasteiger partial charge in [0.25, 0.3) is 0 Å². The lowest BCUT2D eigenvalue weighted by molar-refractivity contribution is 0.340. The second-order valence-corrected chi connectivity index (χ2v) is 5.31. The minimum Gasteiger partial charge on any atom is -0.502 e. The first kappa shape index (κ1) is 16.7. The highest BCUT2D eigenvalue weighted by Gasteiger charge is 2.11. The van der Waals surface area contributed by atoms with Crippen LogP contribution >= 0.6 is 12.2 Å². The van der Waals surface area contributed by atoms with E-state index >= 15 is 0 Å². The van der Waals surface area contributed by atoms with Gasteiger partial charge in [0.2, 0.25) is 10.5 Å². The molecule has 1 aromatic carbocycles. The minimum atomic E-state index is -0.0699. The van der Waals surface area contributed by atoms with Gasteiger partial charge in [-0.25, -0.2) is 5.10 Å². The number of methoxy groups -OCH3 is 2. The zero-order valence-electron chi connectivity index (χ0n) is 13.5. The molecule has 3 aromatic rings. The highest BCUT2D eigenvalue weighted by atomic mass is 32.1. The van der Waals surface area contributed by atoms with Crippen LogP contribution in [-0.2, 0) is 0 Å². The molecule has 2 heterocycles. The van der Waals surface area contributed by atoms with Gasteiger partial charge in [0.05, 0.1) is 20.4 Å². The van der Waals surface area contributed by atoms with Crippen molar-refractivity contribution in [3.8, 4) is 28.6 Å². The summed E-state index contributed by atoms with van der Waals surface area (Å²) in [5.41, 5.74) is 1.48. The van der Waals surface area contributed by atoms with Crippen LogP contribution in [0.4, 0.5) is 0 Å². The number of hydrogen-bond acceptors (Lipinski definition) is 7. The van der Waals surface area contributed by atoms with Crippen LogP contribution in [0.25, 0.3) is 11.4 Å². The molecule has 128 valence electrons. The first-order chi connectivity index (χ1) is 12.1. The monoisotopic (exact) mass is 357 g/mol. The number of hydrogen-bond donors (Lipinski definition) is 2. The molecule has 2 aromatic heterocycles. The molecule has 0 spiro atoms. The SMILES string of the molecule is COc1cc(C=Nn2c(-c3ccncc3)n[nH]c2=S)cc(OC)c1O. The molecule has 0 aliphatic carbocycles. The second kappa shape index (κ2) is 7.14. The third-order valence-corrected chi connectivity index (χ3v) is 3.68. The van der Waals surface area contributed by atoms with Crippen molar-refractivity contribution in [3.63, 3.8) is 0 Å². The Labute approximate surface area is 148 Å². The van der Waals surface area contributed by atoms with E-state index < -0.39 is 0 Å². The number of phenols is 1. The average Bonchev–Trinajstić information content (AvgIpc) is 3.02. The molecule has 0 atom stereocenters. The van der Waals surface area contributed by atoms with Gasteiger partial charge < -0.3 is 14.6 Å². The predicted octanol–water partition coefficient (Wildman–Crippen LogP) is 2.61. The lowest BCUT2D eigenvalue weighted by Gasteiger charge is -2.09. The molecular formula is C16H15N5O3S. The van der Waals surface area contributed by atoms with Crippen LogP contribution in [-0.4, -0.2) is 45.4 Å². The number of nitrogens with zero attached hydrogens (tertiary/aromatic N) is 4. The van der Waals surface area contributed by atoms with Gasteiger partial charge in [-0.05, 0) is 36.5 Å². The summed E-state index contributed by atoms with van der Waals surface area (Å²) in [6, 6.07) is 6.89. The fourth-order valence-electron chi connectivity index (χ4n) is 2.20. The highest BCUT2D eigenvalue weighted by molar-refractivity contribution is 7.71. The number of phenolic OH excluding ortho intramolecular Hbond substituents is 1. The Morgan fingerprint density at radius 3 is 2.44 bits per heavy atom. The van der Waals surface area contributed by atoms with Crippen molar-refractivity contribution >= 4 is 18.4 Å². The number of aromatic nitrogens is 4. The number of nitrogens with one attached hydrogen (secondary N) is 1. The molecule has 0 fully saturated rings. The molecule has 0 saturated heterocycles. The largest absolute Gasteiger partial charge is 0.502 e.